The van der Waals surface area contributed by atoms with Gasteiger partial charge in [0, 0.05) is 4.88 Å². The molecule has 0 unspecified atom stereocenters. The highest BCUT2D eigenvalue weighted by atomic mass is 32.2. The van der Waals surface area contributed by atoms with E-state index in [-0.39, 0.29) is 10.4 Å². The Labute approximate surface area is 140 Å². The summed E-state index contributed by atoms with van der Waals surface area (Å²) in [6, 6.07) is 10.5. The molecule has 7 heteroatoms. The summed E-state index contributed by atoms with van der Waals surface area (Å²) in [4.78, 5) is 0.0637. The highest BCUT2D eigenvalue weighted by Gasteiger charge is 2.59. The maximum Gasteiger partial charge on any atom is 0.416 e. The summed E-state index contributed by atoms with van der Waals surface area (Å²) in [5.41, 5.74) is -2.48. The van der Waals surface area contributed by atoms with E-state index in [0.29, 0.717) is 0 Å². The van der Waals surface area contributed by atoms with Crippen molar-refractivity contribution in [3.8, 4) is 0 Å². The average molecular weight is 361 g/mol. The number of alkyl halides is 3. The summed E-state index contributed by atoms with van der Waals surface area (Å²) in [6.45, 7) is 4.91. The molecule has 126 valence electrons. The monoisotopic (exact) mass is 361 g/mol. The van der Waals surface area contributed by atoms with Crippen molar-refractivity contribution in [3.63, 3.8) is 0 Å². The van der Waals surface area contributed by atoms with Crippen LogP contribution in [-0.2, 0) is 16.5 Å². The number of hydrogen-bond donors (Lipinski definition) is 1. The summed E-state index contributed by atoms with van der Waals surface area (Å²) in [5, 5.41) is 1.58. The van der Waals surface area contributed by atoms with E-state index < -0.39 is 27.4 Å². The van der Waals surface area contributed by atoms with E-state index in [1.165, 1.54) is 18.2 Å². The average Bonchev–Trinajstić information content (AvgIpc) is 2.97. The van der Waals surface area contributed by atoms with Gasteiger partial charge in [0.25, 0.3) is 0 Å². The molecule has 0 saturated heterocycles. The molecule has 0 aliphatic rings. The molecule has 1 aromatic heterocycles. The zero-order valence-electron chi connectivity index (χ0n) is 13.0. The third-order valence-electron chi connectivity index (χ3n) is 3.32. The van der Waals surface area contributed by atoms with Crippen molar-refractivity contribution in [2.75, 3.05) is 0 Å². The fraction of sp³-hybridized carbons (Fsp3) is 0.375. The molecule has 0 aliphatic heterocycles. The Morgan fingerprint density at radius 3 is 2.04 bits per heavy atom. The lowest BCUT2D eigenvalue weighted by Crippen LogP contribution is -2.57. The molecule has 1 heterocycles. The molecule has 0 bridgehead atoms. The highest BCUT2D eigenvalue weighted by molar-refractivity contribution is 7.84. The molecule has 2 aromatic rings. The van der Waals surface area contributed by atoms with E-state index in [4.69, 9.17) is 0 Å². The van der Waals surface area contributed by atoms with Crippen molar-refractivity contribution in [1.82, 2.24) is 4.72 Å². The van der Waals surface area contributed by atoms with Crippen molar-refractivity contribution in [2.45, 2.75) is 37.2 Å². The summed E-state index contributed by atoms with van der Waals surface area (Å²) in [7, 11) is -1.90. The first-order valence-corrected chi connectivity index (χ1v) is 8.98. The molecule has 0 radical (unpaired) electrons. The summed E-state index contributed by atoms with van der Waals surface area (Å²) < 4.78 is 56.6. The van der Waals surface area contributed by atoms with Crippen LogP contribution in [0.25, 0.3) is 0 Å². The molecule has 0 aliphatic carbocycles. The van der Waals surface area contributed by atoms with Crippen LogP contribution in [0, 0.1) is 0 Å². The molecule has 1 N–H and O–H groups in total. The number of benzene rings is 1. The molecule has 2 atom stereocenters. The van der Waals surface area contributed by atoms with Gasteiger partial charge >= 0.3 is 6.18 Å². The van der Waals surface area contributed by atoms with Crippen LogP contribution in [-0.4, -0.2) is 15.1 Å². The zero-order chi connectivity index (χ0) is 17.3. The third kappa shape index (κ3) is 3.51. The number of hydrogen-bond acceptors (Lipinski definition) is 2. The van der Waals surface area contributed by atoms with Crippen molar-refractivity contribution in [3.05, 3.63) is 58.3 Å². The number of halogens is 3. The first kappa shape index (κ1) is 18.2. The Morgan fingerprint density at radius 2 is 1.61 bits per heavy atom. The lowest BCUT2D eigenvalue weighted by molar-refractivity contribution is -0.180. The van der Waals surface area contributed by atoms with Crippen molar-refractivity contribution < 1.29 is 17.4 Å². The molecule has 1 aromatic carbocycles. The minimum absolute atomic E-state index is 0.0209. The van der Waals surface area contributed by atoms with E-state index in [1.807, 2.05) is 0 Å². The van der Waals surface area contributed by atoms with Gasteiger partial charge in [0.2, 0.25) is 0 Å². The van der Waals surface area contributed by atoms with Crippen molar-refractivity contribution in [2.24, 2.45) is 0 Å². The predicted molar refractivity (Wildman–Crippen MR) is 88.6 cm³/mol. The normalized spacial score (nSPS) is 16.8. The van der Waals surface area contributed by atoms with Crippen LogP contribution in [0.3, 0.4) is 0 Å². The smallest absolute Gasteiger partial charge is 0.242 e. The molecule has 23 heavy (non-hydrogen) atoms. The Bertz CT molecular complexity index is 663. The summed E-state index contributed by atoms with van der Waals surface area (Å²) in [6.07, 6.45) is -4.65. The first-order valence-electron chi connectivity index (χ1n) is 6.95. The van der Waals surface area contributed by atoms with E-state index >= 15 is 0 Å². The number of thiophene rings is 1. The van der Waals surface area contributed by atoms with Gasteiger partial charge in [0.1, 0.15) is 0 Å². The van der Waals surface area contributed by atoms with E-state index in [2.05, 4.69) is 4.72 Å². The lowest BCUT2D eigenvalue weighted by Gasteiger charge is -2.37. The molecular formula is C16H18F3NOS2. The predicted octanol–water partition coefficient (Wildman–Crippen LogP) is 4.61. The van der Waals surface area contributed by atoms with Gasteiger partial charge in [-0.25, -0.2) is 8.93 Å². The van der Waals surface area contributed by atoms with Gasteiger partial charge in [-0.2, -0.15) is 13.2 Å². The van der Waals surface area contributed by atoms with Gasteiger partial charge < -0.3 is 0 Å². The Hall–Kier alpha value is -1.18. The van der Waals surface area contributed by atoms with Gasteiger partial charge in [0.05, 0.1) is 15.7 Å². The second kappa shape index (κ2) is 6.37. The van der Waals surface area contributed by atoms with Gasteiger partial charge in [-0.05, 0) is 37.8 Å². The van der Waals surface area contributed by atoms with Crippen LogP contribution in [0.4, 0.5) is 13.2 Å². The SMILES string of the molecule is CC(C)(C)[S@](=O)N[C@](c1ccccc1)(c1cccs1)C(F)(F)F. The van der Waals surface area contributed by atoms with Crippen molar-refractivity contribution >= 4 is 22.3 Å². The standard InChI is InChI=1S/C16H18F3NOS2/c1-14(2,3)23(21)20-15(16(17,18)19,13-10-7-11-22-13)12-8-5-4-6-9-12/h4-11,20H,1-3H3/t15-,23+/m1/s1. The van der Waals surface area contributed by atoms with Gasteiger partial charge in [-0.3, -0.25) is 0 Å². The minimum atomic E-state index is -4.65. The Morgan fingerprint density at radius 1 is 1.00 bits per heavy atom. The second-order valence-corrected chi connectivity index (χ2v) is 8.99. The Kier molecular flexibility index (Phi) is 5.03. The van der Waals surface area contributed by atoms with Crippen LogP contribution in [0.5, 0.6) is 0 Å². The highest BCUT2D eigenvalue weighted by Crippen LogP contribution is 2.46. The molecule has 2 nitrogen and oxygen atoms in total. The van der Waals surface area contributed by atoms with Crippen LogP contribution in [0.15, 0.2) is 47.8 Å². The minimum Gasteiger partial charge on any atom is -0.242 e. The van der Waals surface area contributed by atoms with Crippen LogP contribution >= 0.6 is 11.3 Å². The lowest BCUT2D eigenvalue weighted by atomic mass is 9.88. The fourth-order valence-corrected chi connectivity index (χ4v) is 4.00. The van der Waals surface area contributed by atoms with Gasteiger partial charge in [-0.15, -0.1) is 11.3 Å². The van der Waals surface area contributed by atoms with E-state index in [1.54, 1.807) is 50.4 Å². The van der Waals surface area contributed by atoms with Crippen molar-refractivity contribution in [1.29, 1.82) is 0 Å². The molecule has 0 spiro atoms. The molecular weight excluding hydrogens is 343 g/mol. The third-order valence-corrected chi connectivity index (χ3v) is 5.92. The number of rotatable bonds is 4. The van der Waals surface area contributed by atoms with Crippen LogP contribution < -0.4 is 4.72 Å². The summed E-state index contributed by atoms with van der Waals surface area (Å²) >= 11 is 0.987. The molecule has 0 fully saturated rings. The maximum atomic E-state index is 14.2. The van der Waals surface area contributed by atoms with Crippen LogP contribution in [0.2, 0.25) is 0 Å². The second-order valence-electron chi connectivity index (χ2n) is 6.07. The van der Waals surface area contributed by atoms with Gasteiger partial charge in [-0.1, -0.05) is 36.4 Å². The molecule has 0 saturated carbocycles. The van der Waals surface area contributed by atoms with Gasteiger partial charge in [0.15, 0.2) is 5.54 Å². The zero-order valence-corrected chi connectivity index (χ0v) is 14.6. The molecule has 0 amide bonds. The quantitative estimate of drug-likeness (QED) is 0.847. The maximum absolute atomic E-state index is 14.2. The summed E-state index contributed by atoms with van der Waals surface area (Å²) in [5.74, 6) is 0. The Balaban J connectivity index is 2.69. The number of nitrogens with one attached hydrogen (secondary N) is 1. The fourth-order valence-electron chi connectivity index (χ4n) is 2.08. The topological polar surface area (TPSA) is 29.1 Å². The first-order chi connectivity index (χ1) is 10.6. The van der Waals surface area contributed by atoms with E-state index in [0.717, 1.165) is 11.3 Å². The molecule has 2 rings (SSSR count). The van der Waals surface area contributed by atoms with E-state index in [9.17, 15) is 17.4 Å². The largest absolute Gasteiger partial charge is 0.416 e. The van der Waals surface area contributed by atoms with Crippen LogP contribution in [0.1, 0.15) is 31.2 Å².